The molecule has 1 saturated heterocycles. The van der Waals surface area contributed by atoms with Gasteiger partial charge in [0.1, 0.15) is 0 Å². The van der Waals surface area contributed by atoms with Crippen molar-refractivity contribution in [2.24, 2.45) is 11.8 Å². The first kappa shape index (κ1) is 15.0. The zero-order valence-electron chi connectivity index (χ0n) is 12.3. The molecule has 102 valence electrons. The van der Waals surface area contributed by atoms with E-state index < -0.39 is 0 Å². The quantitative estimate of drug-likeness (QED) is 0.718. The standard InChI is InChI=1S/C15H32N2/c1-13(2)15-8-6-11-17(12-9-15)14(3)7-5-10-16-4/h13-16H,5-12H2,1-4H3. The van der Waals surface area contributed by atoms with E-state index in [1.165, 1.54) is 45.2 Å². The molecular weight excluding hydrogens is 208 g/mol. The van der Waals surface area contributed by atoms with Gasteiger partial charge < -0.3 is 10.2 Å². The van der Waals surface area contributed by atoms with Crippen LogP contribution in [0.2, 0.25) is 0 Å². The molecule has 0 aromatic heterocycles. The molecule has 1 fully saturated rings. The zero-order chi connectivity index (χ0) is 12.7. The second kappa shape index (κ2) is 8.10. The summed E-state index contributed by atoms with van der Waals surface area (Å²) in [7, 11) is 2.05. The molecule has 0 spiro atoms. The normalized spacial score (nSPS) is 24.9. The van der Waals surface area contributed by atoms with Gasteiger partial charge in [-0.3, -0.25) is 0 Å². The maximum atomic E-state index is 3.24. The number of nitrogens with one attached hydrogen (secondary N) is 1. The Bertz CT molecular complexity index is 191. The van der Waals surface area contributed by atoms with E-state index >= 15 is 0 Å². The second-order valence-corrected chi connectivity index (χ2v) is 6.07. The number of likely N-dealkylation sites (tertiary alicyclic amines) is 1. The number of hydrogen-bond acceptors (Lipinski definition) is 2. The van der Waals surface area contributed by atoms with E-state index in [4.69, 9.17) is 0 Å². The summed E-state index contributed by atoms with van der Waals surface area (Å²) >= 11 is 0. The molecule has 2 unspecified atom stereocenters. The first-order chi connectivity index (χ1) is 8.15. The molecule has 0 saturated carbocycles. The van der Waals surface area contributed by atoms with Crippen molar-refractivity contribution < 1.29 is 0 Å². The van der Waals surface area contributed by atoms with Crippen LogP contribution in [0, 0.1) is 11.8 Å². The molecule has 1 aliphatic rings. The van der Waals surface area contributed by atoms with Crippen molar-refractivity contribution in [1.82, 2.24) is 10.2 Å². The lowest BCUT2D eigenvalue weighted by molar-refractivity contribution is 0.199. The third-order valence-corrected chi connectivity index (χ3v) is 4.42. The molecule has 17 heavy (non-hydrogen) atoms. The smallest absolute Gasteiger partial charge is 0.00674 e. The van der Waals surface area contributed by atoms with Crippen LogP contribution in [0.5, 0.6) is 0 Å². The highest BCUT2D eigenvalue weighted by Crippen LogP contribution is 2.25. The van der Waals surface area contributed by atoms with E-state index in [-0.39, 0.29) is 0 Å². The first-order valence-corrected chi connectivity index (χ1v) is 7.53. The maximum Gasteiger partial charge on any atom is 0.00674 e. The van der Waals surface area contributed by atoms with Crippen LogP contribution in [0.1, 0.15) is 52.9 Å². The predicted molar refractivity (Wildman–Crippen MR) is 76.4 cm³/mol. The minimum absolute atomic E-state index is 0.772. The Morgan fingerprint density at radius 1 is 1.18 bits per heavy atom. The van der Waals surface area contributed by atoms with Crippen LogP contribution >= 0.6 is 0 Å². The van der Waals surface area contributed by atoms with Crippen molar-refractivity contribution in [3.05, 3.63) is 0 Å². The molecule has 0 aromatic rings. The van der Waals surface area contributed by atoms with Gasteiger partial charge in [-0.15, -0.1) is 0 Å². The zero-order valence-corrected chi connectivity index (χ0v) is 12.3. The summed E-state index contributed by atoms with van der Waals surface area (Å²) in [5.41, 5.74) is 0. The van der Waals surface area contributed by atoms with Gasteiger partial charge in [0, 0.05) is 6.04 Å². The Morgan fingerprint density at radius 3 is 2.59 bits per heavy atom. The van der Waals surface area contributed by atoms with Crippen LogP contribution in [0.4, 0.5) is 0 Å². The van der Waals surface area contributed by atoms with Gasteiger partial charge in [-0.2, -0.15) is 0 Å². The molecular formula is C15H32N2. The molecule has 1 aliphatic heterocycles. The SMILES string of the molecule is CNCCCC(C)N1CCCC(C(C)C)CC1. The summed E-state index contributed by atoms with van der Waals surface area (Å²) in [5, 5.41) is 3.24. The van der Waals surface area contributed by atoms with E-state index in [0.717, 1.165) is 24.4 Å². The van der Waals surface area contributed by atoms with E-state index in [2.05, 4.69) is 31.0 Å². The molecule has 0 aromatic carbocycles. The lowest BCUT2D eigenvalue weighted by Crippen LogP contribution is -2.34. The van der Waals surface area contributed by atoms with Crippen LogP contribution in [-0.2, 0) is 0 Å². The Hall–Kier alpha value is -0.0800. The topological polar surface area (TPSA) is 15.3 Å². The monoisotopic (exact) mass is 240 g/mol. The van der Waals surface area contributed by atoms with Crippen molar-refractivity contribution in [1.29, 1.82) is 0 Å². The highest BCUT2D eigenvalue weighted by molar-refractivity contribution is 4.75. The van der Waals surface area contributed by atoms with Crippen molar-refractivity contribution in [3.63, 3.8) is 0 Å². The van der Waals surface area contributed by atoms with E-state index in [1.807, 2.05) is 7.05 Å². The van der Waals surface area contributed by atoms with Crippen LogP contribution in [-0.4, -0.2) is 37.6 Å². The van der Waals surface area contributed by atoms with Gasteiger partial charge in [0.2, 0.25) is 0 Å². The fraction of sp³-hybridized carbons (Fsp3) is 1.00. The average molecular weight is 240 g/mol. The van der Waals surface area contributed by atoms with Gasteiger partial charge in [0.15, 0.2) is 0 Å². The van der Waals surface area contributed by atoms with Crippen LogP contribution < -0.4 is 5.32 Å². The summed E-state index contributed by atoms with van der Waals surface area (Å²) < 4.78 is 0. The van der Waals surface area contributed by atoms with Gasteiger partial charge in [-0.25, -0.2) is 0 Å². The van der Waals surface area contributed by atoms with Crippen LogP contribution in [0.15, 0.2) is 0 Å². The summed E-state index contributed by atoms with van der Waals surface area (Å²) in [6.07, 6.45) is 6.90. The lowest BCUT2D eigenvalue weighted by atomic mass is 9.89. The van der Waals surface area contributed by atoms with Crippen LogP contribution in [0.25, 0.3) is 0 Å². The molecule has 0 aliphatic carbocycles. The number of rotatable bonds is 6. The molecule has 0 bridgehead atoms. The fourth-order valence-corrected chi connectivity index (χ4v) is 3.01. The molecule has 2 atom stereocenters. The third kappa shape index (κ3) is 5.39. The number of nitrogens with zero attached hydrogens (tertiary/aromatic N) is 1. The largest absolute Gasteiger partial charge is 0.320 e. The first-order valence-electron chi connectivity index (χ1n) is 7.53. The molecule has 2 heteroatoms. The molecule has 0 radical (unpaired) electrons. The van der Waals surface area contributed by atoms with Gasteiger partial charge in [-0.1, -0.05) is 13.8 Å². The van der Waals surface area contributed by atoms with E-state index in [9.17, 15) is 0 Å². The number of hydrogen-bond donors (Lipinski definition) is 1. The van der Waals surface area contributed by atoms with Gasteiger partial charge in [-0.05, 0) is 77.5 Å². The molecule has 1 heterocycles. The summed E-state index contributed by atoms with van der Waals surface area (Å²) in [6.45, 7) is 11.0. The van der Waals surface area contributed by atoms with Crippen molar-refractivity contribution in [2.75, 3.05) is 26.7 Å². The Balaban J connectivity index is 2.29. The van der Waals surface area contributed by atoms with E-state index in [1.54, 1.807) is 0 Å². The average Bonchev–Trinajstić information content (AvgIpc) is 2.54. The molecule has 2 nitrogen and oxygen atoms in total. The highest BCUT2D eigenvalue weighted by atomic mass is 15.1. The minimum atomic E-state index is 0.772. The molecule has 1 rings (SSSR count). The maximum absolute atomic E-state index is 3.24. The van der Waals surface area contributed by atoms with Crippen molar-refractivity contribution in [2.45, 2.75) is 58.9 Å². The Labute approximate surface area is 108 Å². The van der Waals surface area contributed by atoms with Crippen molar-refractivity contribution >= 4 is 0 Å². The lowest BCUT2D eigenvalue weighted by Gasteiger charge is -2.28. The van der Waals surface area contributed by atoms with Gasteiger partial charge >= 0.3 is 0 Å². The minimum Gasteiger partial charge on any atom is -0.320 e. The summed E-state index contributed by atoms with van der Waals surface area (Å²) in [5.74, 6) is 1.83. The summed E-state index contributed by atoms with van der Waals surface area (Å²) in [4.78, 5) is 2.72. The highest BCUT2D eigenvalue weighted by Gasteiger charge is 2.21. The molecule has 0 amide bonds. The van der Waals surface area contributed by atoms with Gasteiger partial charge in [0.05, 0.1) is 0 Å². The fourth-order valence-electron chi connectivity index (χ4n) is 3.01. The van der Waals surface area contributed by atoms with Crippen LogP contribution in [0.3, 0.4) is 0 Å². The van der Waals surface area contributed by atoms with E-state index in [0.29, 0.717) is 0 Å². The third-order valence-electron chi connectivity index (χ3n) is 4.42. The Morgan fingerprint density at radius 2 is 1.94 bits per heavy atom. The summed E-state index contributed by atoms with van der Waals surface area (Å²) in [6, 6.07) is 0.772. The Kier molecular flexibility index (Phi) is 7.14. The predicted octanol–water partition coefficient (Wildman–Crippen LogP) is 3.13. The molecule has 1 N–H and O–H groups in total. The second-order valence-electron chi connectivity index (χ2n) is 6.07. The van der Waals surface area contributed by atoms with Gasteiger partial charge in [0.25, 0.3) is 0 Å². The van der Waals surface area contributed by atoms with Crippen molar-refractivity contribution in [3.8, 4) is 0 Å².